The Kier molecular flexibility index (Phi) is 8.11. The molecule has 2 fully saturated rings. The Balaban J connectivity index is 1.13. The van der Waals surface area contributed by atoms with E-state index in [-0.39, 0.29) is 5.82 Å². The molecule has 0 N–H and O–H groups in total. The second-order valence-electron chi connectivity index (χ2n) is 8.96. The van der Waals surface area contributed by atoms with Gasteiger partial charge in [0.05, 0.1) is 6.61 Å². The van der Waals surface area contributed by atoms with Gasteiger partial charge >= 0.3 is 0 Å². The Labute approximate surface area is 195 Å². The monoisotopic (exact) mass is 464 g/mol. The van der Waals surface area contributed by atoms with Gasteiger partial charge in [-0.3, -0.25) is 4.90 Å². The fourth-order valence-electron chi connectivity index (χ4n) is 4.79. The fourth-order valence-corrected chi connectivity index (χ4v) is 5.26. The highest BCUT2D eigenvalue weighted by atomic mass is 35.5. The Morgan fingerprint density at radius 1 is 0.903 bits per heavy atom. The minimum atomic E-state index is -0.223. The van der Waals surface area contributed by atoms with Crippen LogP contribution >= 0.6 is 23.2 Å². The summed E-state index contributed by atoms with van der Waals surface area (Å²) in [6.45, 7) is 7.46. The van der Waals surface area contributed by atoms with Crippen LogP contribution < -0.4 is 4.74 Å². The summed E-state index contributed by atoms with van der Waals surface area (Å²) >= 11 is 12.4. The molecule has 2 saturated heterocycles. The molecule has 4 rings (SSSR count). The van der Waals surface area contributed by atoms with Crippen molar-refractivity contribution in [1.29, 1.82) is 0 Å². The number of nitrogens with zero attached hydrogens (tertiary/aromatic N) is 2. The van der Waals surface area contributed by atoms with E-state index in [4.69, 9.17) is 27.9 Å². The van der Waals surface area contributed by atoms with Crippen LogP contribution in [0.4, 0.5) is 4.39 Å². The van der Waals surface area contributed by atoms with Gasteiger partial charge in [0.2, 0.25) is 0 Å². The summed E-state index contributed by atoms with van der Waals surface area (Å²) in [5.74, 6) is 2.00. The first-order valence-corrected chi connectivity index (χ1v) is 12.1. The zero-order valence-electron chi connectivity index (χ0n) is 17.9. The van der Waals surface area contributed by atoms with E-state index in [0.717, 1.165) is 54.2 Å². The van der Waals surface area contributed by atoms with Crippen molar-refractivity contribution in [3.63, 3.8) is 0 Å². The molecule has 2 aliphatic rings. The highest BCUT2D eigenvalue weighted by Gasteiger charge is 2.27. The second kappa shape index (κ2) is 11.0. The summed E-state index contributed by atoms with van der Waals surface area (Å²) in [7, 11) is 0. The molecule has 0 aliphatic carbocycles. The van der Waals surface area contributed by atoms with Crippen LogP contribution in [0.5, 0.6) is 5.75 Å². The summed E-state index contributed by atoms with van der Waals surface area (Å²) in [6.07, 6.45) is 4.81. The molecule has 3 nitrogen and oxygen atoms in total. The average Bonchev–Trinajstić information content (AvgIpc) is 3.20. The van der Waals surface area contributed by atoms with Crippen molar-refractivity contribution < 1.29 is 9.13 Å². The molecule has 2 heterocycles. The Hall–Kier alpha value is -1.33. The summed E-state index contributed by atoms with van der Waals surface area (Å²) in [5.41, 5.74) is 1.16. The van der Waals surface area contributed by atoms with Crippen molar-refractivity contribution in [2.24, 2.45) is 11.8 Å². The molecule has 2 aromatic carbocycles. The first-order valence-electron chi connectivity index (χ1n) is 11.3. The van der Waals surface area contributed by atoms with Crippen LogP contribution in [0.3, 0.4) is 0 Å². The lowest BCUT2D eigenvalue weighted by molar-refractivity contribution is 0.145. The summed E-state index contributed by atoms with van der Waals surface area (Å²) in [4.78, 5) is 5.15. The number of likely N-dealkylation sites (tertiary alicyclic amines) is 2. The normalized spacial score (nSPS) is 20.9. The zero-order chi connectivity index (χ0) is 21.6. The van der Waals surface area contributed by atoms with Gasteiger partial charge in [-0.1, -0.05) is 29.3 Å². The molecule has 0 spiro atoms. The molecular formula is C25H31Cl2FN2O. The van der Waals surface area contributed by atoms with Crippen molar-refractivity contribution in [3.8, 4) is 5.75 Å². The van der Waals surface area contributed by atoms with Gasteiger partial charge in [0.15, 0.2) is 0 Å². The summed E-state index contributed by atoms with van der Waals surface area (Å²) in [5, 5.41) is 1.46. The third-order valence-electron chi connectivity index (χ3n) is 6.61. The minimum absolute atomic E-state index is 0.223. The van der Waals surface area contributed by atoms with Crippen LogP contribution in [-0.4, -0.2) is 49.1 Å². The molecule has 0 aromatic heterocycles. The molecule has 0 radical (unpaired) electrons. The van der Waals surface area contributed by atoms with E-state index in [0.29, 0.717) is 11.6 Å². The van der Waals surface area contributed by atoms with E-state index in [1.165, 1.54) is 51.0 Å². The van der Waals surface area contributed by atoms with Crippen LogP contribution in [0, 0.1) is 17.7 Å². The number of benzene rings is 2. The van der Waals surface area contributed by atoms with Gasteiger partial charge in [-0.05, 0) is 99.1 Å². The molecule has 2 aromatic rings. The standard InChI is InChI=1S/C25H31Cl2FN2O/c26-22-2-1-21(25(27)15-22)18-30-13-9-20(17-30)16-29-11-7-19(8-12-29)10-14-31-24-5-3-23(28)4-6-24/h1-6,15,19-20H,7-14,16-18H2. The number of halogens is 3. The lowest BCUT2D eigenvalue weighted by atomic mass is 9.93. The van der Waals surface area contributed by atoms with E-state index in [1.54, 1.807) is 12.1 Å². The van der Waals surface area contributed by atoms with Gasteiger partial charge in [-0.25, -0.2) is 4.39 Å². The van der Waals surface area contributed by atoms with E-state index in [9.17, 15) is 4.39 Å². The van der Waals surface area contributed by atoms with Gasteiger partial charge in [0, 0.05) is 29.7 Å². The van der Waals surface area contributed by atoms with Crippen LogP contribution in [-0.2, 0) is 6.54 Å². The van der Waals surface area contributed by atoms with Crippen LogP contribution in [0.25, 0.3) is 0 Å². The molecule has 6 heteroatoms. The molecule has 31 heavy (non-hydrogen) atoms. The van der Waals surface area contributed by atoms with E-state index < -0.39 is 0 Å². The number of ether oxygens (including phenoxy) is 1. The number of rotatable bonds is 8. The Morgan fingerprint density at radius 3 is 2.35 bits per heavy atom. The molecule has 0 bridgehead atoms. The van der Waals surface area contributed by atoms with Crippen molar-refractivity contribution in [1.82, 2.24) is 9.80 Å². The maximum absolute atomic E-state index is 13.0. The maximum atomic E-state index is 13.0. The van der Waals surface area contributed by atoms with Gasteiger partial charge in [-0.15, -0.1) is 0 Å². The predicted molar refractivity (Wildman–Crippen MR) is 126 cm³/mol. The average molecular weight is 465 g/mol. The van der Waals surface area contributed by atoms with Gasteiger partial charge in [-0.2, -0.15) is 0 Å². The molecule has 1 atom stereocenters. The fraction of sp³-hybridized carbons (Fsp3) is 0.520. The number of piperidine rings is 1. The lowest BCUT2D eigenvalue weighted by Gasteiger charge is -2.33. The van der Waals surface area contributed by atoms with Crippen molar-refractivity contribution >= 4 is 23.2 Å². The first kappa shape index (κ1) is 22.8. The largest absolute Gasteiger partial charge is 0.494 e. The van der Waals surface area contributed by atoms with Gasteiger partial charge in [0.25, 0.3) is 0 Å². The van der Waals surface area contributed by atoms with E-state index >= 15 is 0 Å². The molecule has 0 saturated carbocycles. The minimum Gasteiger partial charge on any atom is -0.494 e. The molecular weight excluding hydrogens is 434 g/mol. The van der Waals surface area contributed by atoms with Crippen LogP contribution in [0.1, 0.15) is 31.2 Å². The molecule has 1 unspecified atom stereocenters. The third kappa shape index (κ3) is 6.82. The second-order valence-corrected chi connectivity index (χ2v) is 9.80. The first-order chi connectivity index (χ1) is 15.0. The highest BCUT2D eigenvalue weighted by Crippen LogP contribution is 2.27. The molecule has 0 amide bonds. The summed E-state index contributed by atoms with van der Waals surface area (Å²) in [6, 6.07) is 12.1. The van der Waals surface area contributed by atoms with Gasteiger partial charge in [0.1, 0.15) is 11.6 Å². The number of hydrogen-bond donors (Lipinski definition) is 0. The number of hydrogen-bond acceptors (Lipinski definition) is 3. The van der Waals surface area contributed by atoms with Crippen LogP contribution in [0.15, 0.2) is 42.5 Å². The topological polar surface area (TPSA) is 15.7 Å². The third-order valence-corrected chi connectivity index (χ3v) is 7.20. The smallest absolute Gasteiger partial charge is 0.123 e. The predicted octanol–water partition coefficient (Wildman–Crippen LogP) is 6.14. The molecule has 168 valence electrons. The van der Waals surface area contributed by atoms with E-state index in [1.807, 2.05) is 18.2 Å². The highest BCUT2D eigenvalue weighted by molar-refractivity contribution is 6.35. The lowest BCUT2D eigenvalue weighted by Crippen LogP contribution is -2.38. The van der Waals surface area contributed by atoms with Gasteiger partial charge < -0.3 is 9.64 Å². The van der Waals surface area contributed by atoms with Crippen molar-refractivity contribution in [2.45, 2.75) is 32.2 Å². The maximum Gasteiger partial charge on any atom is 0.123 e. The summed E-state index contributed by atoms with van der Waals surface area (Å²) < 4.78 is 18.7. The zero-order valence-corrected chi connectivity index (χ0v) is 19.4. The van der Waals surface area contributed by atoms with E-state index in [2.05, 4.69) is 9.80 Å². The molecule has 2 aliphatic heterocycles. The van der Waals surface area contributed by atoms with Crippen molar-refractivity contribution in [2.75, 3.05) is 39.3 Å². The van der Waals surface area contributed by atoms with Crippen molar-refractivity contribution in [3.05, 3.63) is 63.9 Å². The quantitative estimate of drug-likeness (QED) is 0.466. The van der Waals surface area contributed by atoms with Crippen LogP contribution in [0.2, 0.25) is 10.0 Å². The SMILES string of the molecule is Fc1ccc(OCCC2CCN(CC3CCN(Cc4ccc(Cl)cc4Cl)C3)CC2)cc1. The Morgan fingerprint density at radius 2 is 1.61 bits per heavy atom. The Bertz CT molecular complexity index is 840.